The normalized spacial score (nSPS) is 11.1. The van der Waals surface area contributed by atoms with Crippen molar-refractivity contribution in [1.82, 2.24) is 5.43 Å². The van der Waals surface area contributed by atoms with Gasteiger partial charge in [-0.2, -0.15) is 5.10 Å². The van der Waals surface area contributed by atoms with Crippen LogP contribution >= 0.6 is 0 Å². The van der Waals surface area contributed by atoms with Crippen molar-refractivity contribution < 1.29 is 13.9 Å². The largest absolute Gasteiger partial charge is 0.484 e. The van der Waals surface area contributed by atoms with E-state index in [0.717, 1.165) is 5.56 Å². The van der Waals surface area contributed by atoms with Crippen molar-refractivity contribution in [2.45, 2.75) is 13.8 Å². The third-order valence-electron chi connectivity index (χ3n) is 2.95. The number of nitrogens with one attached hydrogen (secondary N) is 1. The Morgan fingerprint density at radius 2 is 2.00 bits per heavy atom. The summed E-state index contributed by atoms with van der Waals surface area (Å²) in [6.45, 7) is 3.50. The molecule has 0 aliphatic heterocycles. The zero-order valence-corrected chi connectivity index (χ0v) is 12.5. The fraction of sp³-hybridized carbons (Fsp3) is 0.176. The number of carbonyl (C=O) groups is 1. The van der Waals surface area contributed by atoms with E-state index in [4.69, 9.17) is 4.74 Å². The van der Waals surface area contributed by atoms with Gasteiger partial charge in [-0.05, 0) is 43.7 Å². The Balaban J connectivity index is 1.88. The van der Waals surface area contributed by atoms with E-state index >= 15 is 0 Å². The summed E-state index contributed by atoms with van der Waals surface area (Å²) in [5.41, 5.74) is 4.57. The van der Waals surface area contributed by atoms with Crippen LogP contribution in [-0.2, 0) is 4.79 Å². The van der Waals surface area contributed by atoms with Crippen LogP contribution in [0.4, 0.5) is 4.39 Å². The van der Waals surface area contributed by atoms with Gasteiger partial charge in [-0.25, -0.2) is 9.82 Å². The quantitative estimate of drug-likeness (QED) is 0.681. The van der Waals surface area contributed by atoms with Crippen molar-refractivity contribution in [3.05, 3.63) is 65.5 Å². The summed E-state index contributed by atoms with van der Waals surface area (Å²) in [5, 5.41) is 3.94. The molecule has 0 atom stereocenters. The third kappa shape index (κ3) is 4.70. The summed E-state index contributed by atoms with van der Waals surface area (Å²) in [6, 6.07) is 13.4. The van der Waals surface area contributed by atoms with Crippen LogP contribution in [0.3, 0.4) is 0 Å². The number of hydrogen-bond acceptors (Lipinski definition) is 3. The first-order valence-corrected chi connectivity index (χ1v) is 6.83. The highest BCUT2D eigenvalue weighted by Gasteiger charge is 2.03. The summed E-state index contributed by atoms with van der Waals surface area (Å²) in [4.78, 5) is 11.7. The molecule has 0 saturated heterocycles. The number of aryl methyl sites for hydroxylation is 1. The monoisotopic (exact) mass is 300 g/mol. The Morgan fingerprint density at radius 1 is 1.23 bits per heavy atom. The predicted octanol–water partition coefficient (Wildman–Crippen LogP) is 3.05. The molecule has 0 saturated carbocycles. The number of carbonyl (C=O) groups excluding carboxylic acids is 1. The summed E-state index contributed by atoms with van der Waals surface area (Å²) in [7, 11) is 0. The van der Waals surface area contributed by atoms with Crippen molar-refractivity contribution in [3.63, 3.8) is 0 Å². The average Bonchev–Trinajstić information content (AvgIpc) is 2.50. The molecule has 2 aromatic carbocycles. The van der Waals surface area contributed by atoms with E-state index in [1.165, 1.54) is 12.1 Å². The van der Waals surface area contributed by atoms with Crippen LogP contribution < -0.4 is 10.2 Å². The van der Waals surface area contributed by atoms with Crippen LogP contribution in [0.15, 0.2) is 53.6 Å². The second-order valence-electron chi connectivity index (χ2n) is 4.85. The lowest BCUT2D eigenvalue weighted by Crippen LogP contribution is -2.25. The van der Waals surface area contributed by atoms with Crippen molar-refractivity contribution in [2.75, 3.05) is 6.61 Å². The fourth-order valence-corrected chi connectivity index (χ4v) is 1.81. The molecule has 1 amide bonds. The third-order valence-corrected chi connectivity index (χ3v) is 2.95. The molecule has 0 aliphatic carbocycles. The van der Waals surface area contributed by atoms with E-state index in [0.29, 0.717) is 17.0 Å². The molecular weight excluding hydrogens is 283 g/mol. The summed E-state index contributed by atoms with van der Waals surface area (Å²) in [5.74, 6) is -0.0978. The Labute approximate surface area is 128 Å². The van der Waals surface area contributed by atoms with Gasteiger partial charge in [0.2, 0.25) is 0 Å². The molecule has 0 aliphatic rings. The highest BCUT2D eigenvalue weighted by Crippen LogP contribution is 2.11. The number of ether oxygens (including phenoxy) is 1. The Morgan fingerprint density at radius 3 is 2.73 bits per heavy atom. The van der Waals surface area contributed by atoms with Gasteiger partial charge < -0.3 is 4.74 Å². The van der Waals surface area contributed by atoms with Crippen molar-refractivity contribution in [3.8, 4) is 5.75 Å². The SMILES string of the molecule is C/C(=N\NC(=O)COc1cccc(C)c1)c1cccc(F)c1. The van der Waals surface area contributed by atoms with Gasteiger partial charge in [-0.15, -0.1) is 0 Å². The van der Waals surface area contributed by atoms with Gasteiger partial charge >= 0.3 is 0 Å². The molecule has 2 rings (SSSR count). The zero-order chi connectivity index (χ0) is 15.9. The topological polar surface area (TPSA) is 50.7 Å². The van der Waals surface area contributed by atoms with Crippen LogP contribution in [0.25, 0.3) is 0 Å². The maximum absolute atomic E-state index is 13.1. The first-order chi connectivity index (χ1) is 10.5. The number of benzene rings is 2. The molecule has 114 valence electrons. The number of halogens is 1. The average molecular weight is 300 g/mol. The first kappa shape index (κ1) is 15.7. The van der Waals surface area contributed by atoms with E-state index in [2.05, 4.69) is 10.5 Å². The van der Waals surface area contributed by atoms with Gasteiger partial charge in [-0.1, -0.05) is 24.3 Å². The summed E-state index contributed by atoms with van der Waals surface area (Å²) in [6.07, 6.45) is 0. The Bertz CT molecular complexity index is 699. The fourth-order valence-electron chi connectivity index (χ4n) is 1.81. The number of rotatable bonds is 5. The van der Waals surface area contributed by atoms with E-state index in [1.54, 1.807) is 25.1 Å². The smallest absolute Gasteiger partial charge is 0.277 e. The lowest BCUT2D eigenvalue weighted by Gasteiger charge is -2.06. The van der Waals surface area contributed by atoms with Crippen LogP contribution in [0, 0.1) is 12.7 Å². The second kappa shape index (κ2) is 7.36. The van der Waals surface area contributed by atoms with Gasteiger partial charge in [0.15, 0.2) is 6.61 Å². The van der Waals surface area contributed by atoms with Gasteiger partial charge in [0.1, 0.15) is 11.6 Å². The lowest BCUT2D eigenvalue weighted by atomic mass is 10.1. The Hall–Kier alpha value is -2.69. The number of amides is 1. The van der Waals surface area contributed by atoms with Crippen molar-refractivity contribution in [1.29, 1.82) is 0 Å². The predicted molar refractivity (Wildman–Crippen MR) is 83.4 cm³/mol. The van der Waals surface area contributed by atoms with Crippen LogP contribution in [0.2, 0.25) is 0 Å². The van der Waals surface area contributed by atoms with Crippen LogP contribution in [0.1, 0.15) is 18.1 Å². The molecule has 0 fully saturated rings. The molecule has 2 aromatic rings. The number of nitrogens with zero attached hydrogens (tertiary/aromatic N) is 1. The molecule has 1 N–H and O–H groups in total. The zero-order valence-electron chi connectivity index (χ0n) is 12.5. The highest BCUT2D eigenvalue weighted by molar-refractivity contribution is 5.99. The molecule has 0 spiro atoms. The van der Waals surface area contributed by atoms with Crippen LogP contribution in [-0.4, -0.2) is 18.2 Å². The molecule has 0 heterocycles. The van der Waals surface area contributed by atoms with Gasteiger partial charge in [0.05, 0.1) is 5.71 Å². The van der Waals surface area contributed by atoms with E-state index < -0.39 is 0 Å². The van der Waals surface area contributed by atoms with Gasteiger partial charge in [-0.3, -0.25) is 4.79 Å². The standard InChI is InChI=1S/C17H17FN2O2/c1-12-5-3-8-16(9-12)22-11-17(21)20-19-13(2)14-6-4-7-15(18)10-14/h3-10H,11H2,1-2H3,(H,20,21)/b19-13+. The molecule has 0 radical (unpaired) electrons. The second-order valence-corrected chi connectivity index (χ2v) is 4.85. The maximum atomic E-state index is 13.1. The minimum atomic E-state index is -0.378. The minimum absolute atomic E-state index is 0.136. The van der Waals surface area contributed by atoms with Crippen molar-refractivity contribution in [2.24, 2.45) is 5.10 Å². The summed E-state index contributed by atoms with van der Waals surface area (Å²) >= 11 is 0. The van der Waals surface area contributed by atoms with Crippen LogP contribution in [0.5, 0.6) is 5.75 Å². The van der Waals surface area contributed by atoms with Crippen molar-refractivity contribution >= 4 is 11.6 Å². The van der Waals surface area contributed by atoms with E-state index in [9.17, 15) is 9.18 Å². The van der Waals surface area contributed by atoms with Gasteiger partial charge in [0.25, 0.3) is 5.91 Å². The minimum Gasteiger partial charge on any atom is -0.484 e. The maximum Gasteiger partial charge on any atom is 0.277 e. The molecule has 5 heteroatoms. The van der Waals surface area contributed by atoms with E-state index in [-0.39, 0.29) is 18.3 Å². The lowest BCUT2D eigenvalue weighted by molar-refractivity contribution is -0.123. The molecule has 0 aromatic heterocycles. The highest BCUT2D eigenvalue weighted by atomic mass is 19.1. The number of hydrogen-bond donors (Lipinski definition) is 1. The molecule has 22 heavy (non-hydrogen) atoms. The molecular formula is C17H17FN2O2. The van der Waals surface area contributed by atoms with E-state index in [1.807, 2.05) is 25.1 Å². The number of hydrazone groups is 1. The van der Waals surface area contributed by atoms with Gasteiger partial charge in [0, 0.05) is 5.56 Å². The Kier molecular flexibility index (Phi) is 5.25. The summed E-state index contributed by atoms with van der Waals surface area (Å²) < 4.78 is 18.5. The molecule has 4 nitrogen and oxygen atoms in total. The molecule has 0 unspecified atom stereocenters. The first-order valence-electron chi connectivity index (χ1n) is 6.83. The molecule has 0 bridgehead atoms.